The topological polar surface area (TPSA) is 23.6 Å². The molecule has 2 aromatic rings. The van der Waals surface area contributed by atoms with E-state index < -0.39 is 0 Å². The van der Waals surface area contributed by atoms with Crippen molar-refractivity contribution >= 4 is 11.7 Å². The van der Waals surface area contributed by atoms with Gasteiger partial charge in [0.05, 0.1) is 12.2 Å². The zero-order chi connectivity index (χ0) is 18.1. The van der Waals surface area contributed by atoms with Crippen molar-refractivity contribution in [1.29, 1.82) is 0 Å². The summed E-state index contributed by atoms with van der Waals surface area (Å²) in [6.07, 6.45) is 3.11. The van der Waals surface area contributed by atoms with Gasteiger partial charge in [0.25, 0.3) is 0 Å². The van der Waals surface area contributed by atoms with Crippen LogP contribution < -0.4 is 4.90 Å². The molecule has 25 heavy (non-hydrogen) atoms. The number of para-hydroxylation sites is 1. The highest BCUT2D eigenvalue weighted by atomic mass is 16.2. The van der Waals surface area contributed by atoms with Crippen molar-refractivity contribution < 1.29 is 4.79 Å². The van der Waals surface area contributed by atoms with Crippen molar-refractivity contribution in [2.75, 3.05) is 19.0 Å². The summed E-state index contributed by atoms with van der Waals surface area (Å²) < 4.78 is 0. The van der Waals surface area contributed by atoms with E-state index in [1.165, 1.54) is 0 Å². The second kappa shape index (κ2) is 9.54. The fourth-order valence-electron chi connectivity index (χ4n) is 2.50. The van der Waals surface area contributed by atoms with Gasteiger partial charge in [-0.3, -0.25) is 4.90 Å². The molecule has 0 spiro atoms. The van der Waals surface area contributed by atoms with Crippen molar-refractivity contribution in [1.82, 2.24) is 4.90 Å². The molecule has 2 amide bonds. The van der Waals surface area contributed by atoms with E-state index in [9.17, 15) is 4.79 Å². The number of amides is 2. The standard InChI is InChI=1S/C22H26N2O/c1-4-5-6-10-15-20-16-11-12-17-21(20)24(22(25)23(2)3)18-19-13-8-7-9-14-19/h7-9,11-14,16-17H,4-6,18H2,1-3H3. The fourth-order valence-corrected chi connectivity index (χ4v) is 2.50. The molecule has 130 valence electrons. The van der Waals surface area contributed by atoms with Gasteiger partial charge in [0.2, 0.25) is 0 Å². The van der Waals surface area contributed by atoms with E-state index in [-0.39, 0.29) is 6.03 Å². The first-order chi connectivity index (χ1) is 12.1. The van der Waals surface area contributed by atoms with E-state index in [2.05, 4.69) is 18.8 Å². The Balaban J connectivity index is 2.36. The average Bonchev–Trinajstić information content (AvgIpc) is 2.64. The number of unbranched alkanes of at least 4 members (excludes halogenated alkanes) is 2. The lowest BCUT2D eigenvalue weighted by molar-refractivity contribution is 0.223. The summed E-state index contributed by atoms with van der Waals surface area (Å²) in [6.45, 7) is 2.68. The summed E-state index contributed by atoms with van der Waals surface area (Å²) in [5, 5.41) is 0. The number of urea groups is 1. The Morgan fingerprint density at radius 3 is 2.36 bits per heavy atom. The average molecular weight is 334 g/mol. The molecule has 0 heterocycles. The van der Waals surface area contributed by atoms with Crippen molar-refractivity contribution in [3.8, 4) is 11.8 Å². The number of hydrogen-bond acceptors (Lipinski definition) is 1. The first-order valence-corrected chi connectivity index (χ1v) is 8.74. The number of nitrogens with zero attached hydrogens (tertiary/aromatic N) is 2. The van der Waals surface area contributed by atoms with Crippen LogP contribution in [0.4, 0.5) is 10.5 Å². The molecule has 0 bridgehead atoms. The Morgan fingerprint density at radius 1 is 1.00 bits per heavy atom. The number of carbonyl (C=O) groups excluding carboxylic acids is 1. The highest BCUT2D eigenvalue weighted by Gasteiger charge is 2.20. The summed E-state index contributed by atoms with van der Waals surface area (Å²) in [5.41, 5.74) is 2.84. The largest absolute Gasteiger partial charge is 0.330 e. The monoisotopic (exact) mass is 334 g/mol. The van der Waals surface area contributed by atoms with E-state index in [0.29, 0.717) is 6.54 Å². The number of hydrogen-bond donors (Lipinski definition) is 0. The minimum absolute atomic E-state index is 0.0494. The molecule has 0 aliphatic carbocycles. The van der Waals surface area contributed by atoms with Crippen LogP contribution in [0.25, 0.3) is 0 Å². The first-order valence-electron chi connectivity index (χ1n) is 8.74. The molecule has 3 nitrogen and oxygen atoms in total. The van der Waals surface area contributed by atoms with Crippen LogP contribution in [0.5, 0.6) is 0 Å². The van der Waals surface area contributed by atoms with Crippen molar-refractivity contribution in [2.45, 2.75) is 32.7 Å². The van der Waals surface area contributed by atoms with E-state index in [1.54, 1.807) is 23.9 Å². The summed E-state index contributed by atoms with van der Waals surface area (Å²) in [6, 6.07) is 17.8. The molecule has 0 saturated carbocycles. The molecule has 0 saturated heterocycles. The third-order valence-corrected chi connectivity index (χ3v) is 3.87. The number of anilines is 1. The molecule has 0 aliphatic rings. The van der Waals surface area contributed by atoms with Gasteiger partial charge in [-0.1, -0.05) is 67.6 Å². The summed E-state index contributed by atoms with van der Waals surface area (Å²) in [7, 11) is 3.55. The maximum atomic E-state index is 12.8. The lowest BCUT2D eigenvalue weighted by atomic mass is 10.1. The smallest absolute Gasteiger partial charge is 0.324 e. The molecule has 0 N–H and O–H groups in total. The van der Waals surface area contributed by atoms with E-state index in [4.69, 9.17) is 0 Å². The Hall–Kier alpha value is -2.73. The molecular formula is C22H26N2O. The van der Waals surface area contributed by atoms with Crippen molar-refractivity contribution in [3.63, 3.8) is 0 Å². The Kier molecular flexibility index (Phi) is 7.10. The van der Waals surface area contributed by atoms with Gasteiger partial charge >= 0.3 is 6.03 Å². The molecule has 2 aromatic carbocycles. The third-order valence-electron chi connectivity index (χ3n) is 3.87. The number of rotatable bonds is 5. The molecular weight excluding hydrogens is 308 g/mol. The summed E-state index contributed by atoms with van der Waals surface area (Å²) >= 11 is 0. The Morgan fingerprint density at radius 2 is 1.68 bits per heavy atom. The molecule has 2 rings (SSSR count). The van der Waals surface area contributed by atoms with Gasteiger partial charge in [0.1, 0.15) is 0 Å². The van der Waals surface area contributed by atoms with Crippen LogP contribution >= 0.6 is 0 Å². The minimum atomic E-state index is -0.0494. The highest BCUT2D eigenvalue weighted by molar-refractivity contribution is 5.93. The number of carbonyl (C=O) groups is 1. The fraction of sp³-hybridized carbons (Fsp3) is 0.318. The lowest BCUT2D eigenvalue weighted by Crippen LogP contribution is -2.39. The van der Waals surface area contributed by atoms with Crippen LogP contribution in [0.3, 0.4) is 0 Å². The van der Waals surface area contributed by atoms with Gasteiger partial charge in [0, 0.05) is 26.1 Å². The lowest BCUT2D eigenvalue weighted by Gasteiger charge is -2.27. The zero-order valence-electron chi connectivity index (χ0n) is 15.3. The minimum Gasteiger partial charge on any atom is -0.330 e. The Labute approximate surface area is 151 Å². The van der Waals surface area contributed by atoms with Crippen LogP contribution in [-0.2, 0) is 6.54 Å². The Bertz CT molecular complexity index is 741. The predicted octanol–water partition coefficient (Wildman–Crippen LogP) is 4.92. The molecule has 0 atom stereocenters. The normalized spacial score (nSPS) is 9.88. The van der Waals surface area contributed by atoms with Gasteiger partial charge in [-0.15, -0.1) is 0 Å². The van der Waals surface area contributed by atoms with Crippen LogP contribution in [-0.4, -0.2) is 25.0 Å². The van der Waals surface area contributed by atoms with Crippen LogP contribution in [0, 0.1) is 11.8 Å². The van der Waals surface area contributed by atoms with E-state index in [1.807, 2.05) is 54.6 Å². The van der Waals surface area contributed by atoms with Gasteiger partial charge in [0.15, 0.2) is 0 Å². The van der Waals surface area contributed by atoms with Crippen LogP contribution in [0.2, 0.25) is 0 Å². The van der Waals surface area contributed by atoms with Gasteiger partial charge < -0.3 is 4.90 Å². The van der Waals surface area contributed by atoms with Gasteiger partial charge in [-0.2, -0.15) is 0 Å². The molecule has 0 fully saturated rings. The first kappa shape index (κ1) is 18.6. The predicted molar refractivity (Wildman–Crippen MR) is 105 cm³/mol. The van der Waals surface area contributed by atoms with Crippen LogP contribution in [0.1, 0.15) is 37.3 Å². The SMILES string of the molecule is CCCCC#Cc1ccccc1N(Cc1ccccc1)C(=O)N(C)C. The molecule has 0 radical (unpaired) electrons. The molecule has 0 unspecified atom stereocenters. The molecule has 0 aliphatic heterocycles. The van der Waals surface area contributed by atoms with E-state index >= 15 is 0 Å². The van der Waals surface area contributed by atoms with Crippen molar-refractivity contribution in [3.05, 3.63) is 65.7 Å². The second-order valence-corrected chi connectivity index (χ2v) is 6.17. The quantitative estimate of drug-likeness (QED) is 0.562. The molecule has 0 aromatic heterocycles. The maximum Gasteiger partial charge on any atom is 0.324 e. The maximum absolute atomic E-state index is 12.8. The summed E-state index contributed by atoms with van der Waals surface area (Å²) in [5.74, 6) is 6.47. The van der Waals surface area contributed by atoms with E-state index in [0.717, 1.165) is 36.1 Å². The zero-order valence-corrected chi connectivity index (χ0v) is 15.3. The number of benzene rings is 2. The molecule has 3 heteroatoms. The third kappa shape index (κ3) is 5.39. The highest BCUT2D eigenvalue weighted by Crippen LogP contribution is 2.23. The van der Waals surface area contributed by atoms with Crippen molar-refractivity contribution in [2.24, 2.45) is 0 Å². The second-order valence-electron chi connectivity index (χ2n) is 6.17. The van der Waals surface area contributed by atoms with Crippen LogP contribution in [0.15, 0.2) is 54.6 Å². The van der Waals surface area contributed by atoms with Gasteiger partial charge in [-0.25, -0.2) is 4.79 Å². The summed E-state index contributed by atoms with van der Waals surface area (Å²) in [4.78, 5) is 16.2. The van der Waals surface area contributed by atoms with Gasteiger partial charge in [-0.05, 0) is 24.1 Å².